The van der Waals surface area contributed by atoms with Gasteiger partial charge in [0.05, 0.1) is 17.1 Å². The lowest BCUT2D eigenvalue weighted by atomic mass is 10.2. The summed E-state index contributed by atoms with van der Waals surface area (Å²) >= 11 is 1.28. The second-order valence-corrected chi connectivity index (χ2v) is 8.00. The van der Waals surface area contributed by atoms with Gasteiger partial charge in [-0.05, 0) is 38.1 Å². The van der Waals surface area contributed by atoms with Gasteiger partial charge in [-0.25, -0.2) is 4.68 Å². The molecule has 1 amide bonds. The van der Waals surface area contributed by atoms with Crippen molar-refractivity contribution in [3.05, 3.63) is 70.9 Å². The number of benzene rings is 1. The molecule has 0 aliphatic heterocycles. The number of para-hydroxylation sites is 1. The zero-order chi connectivity index (χ0) is 22.7. The van der Waals surface area contributed by atoms with Gasteiger partial charge < -0.3 is 9.88 Å². The fourth-order valence-electron chi connectivity index (χ4n) is 3.41. The summed E-state index contributed by atoms with van der Waals surface area (Å²) in [5, 5.41) is 11.9. The van der Waals surface area contributed by atoms with E-state index in [1.807, 2.05) is 54.0 Å². The first-order chi connectivity index (χ1) is 15.5. The number of rotatable bonds is 7. The normalized spacial score (nSPS) is 11.0. The standard InChI is InChI=1S/C22H23N7O2S/c1-4-28-20(16-10-12-23-13-11-16)25-26-22(28)32-14-18(30)24-19-15(2)27(3)29(21(19)31)17-8-6-5-7-9-17/h5-13H,4,14H2,1-3H3,(H,24,30). The minimum absolute atomic E-state index is 0.105. The van der Waals surface area contributed by atoms with Crippen molar-refractivity contribution < 1.29 is 4.79 Å². The maximum atomic E-state index is 13.0. The van der Waals surface area contributed by atoms with Gasteiger partial charge in [-0.15, -0.1) is 10.2 Å². The lowest BCUT2D eigenvalue weighted by molar-refractivity contribution is -0.113. The summed E-state index contributed by atoms with van der Waals surface area (Å²) in [6.07, 6.45) is 3.41. The van der Waals surface area contributed by atoms with Crippen LogP contribution < -0.4 is 10.9 Å². The van der Waals surface area contributed by atoms with Crippen LogP contribution in [-0.2, 0) is 18.4 Å². The third kappa shape index (κ3) is 4.09. The lowest BCUT2D eigenvalue weighted by Crippen LogP contribution is -2.23. The average molecular weight is 450 g/mol. The predicted molar refractivity (Wildman–Crippen MR) is 124 cm³/mol. The van der Waals surface area contributed by atoms with E-state index in [0.717, 1.165) is 17.1 Å². The number of pyridine rings is 1. The highest BCUT2D eigenvalue weighted by molar-refractivity contribution is 7.99. The van der Waals surface area contributed by atoms with Gasteiger partial charge in [-0.2, -0.15) is 0 Å². The Labute approximate surface area is 189 Å². The molecule has 0 bridgehead atoms. The number of hydrogen-bond acceptors (Lipinski definition) is 6. The molecule has 0 aliphatic rings. The van der Waals surface area contributed by atoms with Gasteiger partial charge in [0.25, 0.3) is 5.56 Å². The van der Waals surface area contributed by atoms with Crippen LogP contribution in [0.4, 0.5) is 5.69 Å². The topological polar surface area (TPSA) is 99.6 Å². The third-order valence-electron chi connectivity index (χ3n) is 5.12. The molecule has 0 spiro atoms. The maximum Gasteiger partial charge on any atom is 0.295 e. The molecule has 1 aromatic carbocycles. The summed E-state index contributed by atoms with van der Waals surface area (Å²) in [5.74, 6) is 0.549. The Balaban J connectivity index is 1.50. The van der Waals surface area contributed by atoms with Crippen molar-refractivity contribution in [2.75, 3.05) is 11.1 Å². The van der Waals surface area contributed by atoms with E-state index in [-0.39, 0.29) is 22.9 Å². The summed E-state index contributed by atoms with van der Waals surface area (Å²) in [6.45, 7) is 4.46. The van der Waals surface area contributed by atoms with Crippen LogP contribution in [0, 0.1) is 6.92 Å². The van der Waals surface area contributed by atoms with Crippen molar-refractivity contribution in [2.24, 2.45) is 7.05 Å². The molecule has 4 aromatic rings. The summed E-state index contributed by atoms with van der Waals surface area (Å²) in [5.41, 5.74) is 2.32. The zero-order valence-corrected chi connectivity index (χ0v) is 18.8. The zero-order valence-electron chi connectivity index (χ0n) is 18.0. The van der Waals surface area contributed by atoms with E-state index < -0.39 is 0 Å². The molecule has 0 atom stereocenters. The van der Waals surface area contributed by atoms with Crippen LogP contribution in [0.3, 0.4) is 0 Å². The van der Waals surface area contributed by atoms with Crippen LogP contribution in [0.1, 0.15) is 12.6 Å². The van der Waals surface area contributed by atoms with E-state index >= 15 is 0 Å². The van der Waals surface area contributed by atoms with Crippen LogP contribution >= 0.6 is 11.8 Å². The van der Waals surface area contributed by atoms with Crippen LogP contribution in [-0.4, -0.2) is 40.8 Å². The van der Waals surface area contributed by atoms with Gasteiger partial charge in [0.1, 0.15) is 5.69 Å². The molecule has 1 N–H and O–H groups in total. The van der Waals surface area contributed by atoms with E-state index in [1.165, 1.54) is 16.4 Å². The predicted octanol–water partition coefficient (Wildman–Crippen LogP) is 2.89. The highest BCUT2D eigenvalue weighted by atomic mass is 32.2. The van der Waals surface area contributed by atoms with E-state index in [4.69, 9.17) is 0 Å². The van der Waals surface area contributed by atoms with Crippen molar-refractivity contribution in [1.29, 1.82) is 0 Å². The largest absolute Gasteiger partial charge is 0.319 e. The molecular formula is C22H23N7O2S. The van der Waals surface area contributed by atoms with Crippen molar-refractivity contribution >= 4 is 23.4 Å². The quantitative estimate of drug-likeness (QED) is 0.436. The third-order valence-corrected chi connectivity index (χ3v) is 6.09. The van der Waals surface area contributed by atoms with E-state index in [0.29, 0.717) is 17.4 Å². The van der Waals surface area contributed by atoms with E-state index in [9.17, 15) is 9.59 Å². The summed E-state index contributed by atoms with van der Waals surface area (Å²) in [6, 6.07) is 13.0. The molecule has 164 valence electrons. The minimum Gasteiger partial charge on any atom is -0.319 e. The Hall–Kier alpha value is -3.66. The Morgan fingerprint density at radius 3 is 2.50 bits per heavy atom. The Morgan fingerprint density at radius 2 is 1.81 bits per heavy atom. The first kappa shape index (κ1) is 21.6. The minimum atomic E-state index is -0.280. The Bertz CT molecular complexity index is 1290. The molecule has 0 saturated carbocycles. The lowest BCUT2D eigenvalue weighted by Gasteiger charge is -2.07. The van der Waals surface area contributed by atoms with Crippen LogP contribution in [0.2, 0.25) is 0 Å². The molecule has 0 aliphatic carbocycles. The Kier molecular flexibility index (Phi) is 6.22. The molecule has 32 heavy (non-hydrogen) atoms. The number of amides is 1. The molecular weight excluding hydrogens is 426 g/mol. The fraction of sp³-hybridized carbons (Fsp3) is 0.227. The van der Waals surface area contributed by atoms with Gasteiger partial charge in [0.15, 0.2) is 11.0 Å². The number of nitrogens with zero attached hydrogens (tertiary/aromatic N) is 6. The van der Waals surface area contributed by atoms with Crippen molar-refractivity contribution in [3.8, 4) is 17.1 Å². The molecule has 10 heteroatoms. The monoisotopic (exact) mass is 449 g/mol. The molecule has 3 heterocycles. The van der Waals surface area contributed by atoms with Crippen LogP contribution in [0.15, 0.2) is 64.8 Å². The first-order valence-corrected chi connectivity index (χ1v) is 11.1. The van der Waals surface area contributed by atoms with Gasteiger partial charge in [0.2, 0.25) is 5.91 Å². The highest BCUT2D eigenvalue weighted by Gasteiger charge is 2.19. The number of carbonyl (C=O) groups is 1. The number of hydrogen-bond donors (Lipinski definition) is 1. The summed E-state index contributed by atoms with van der Waals surface area (Å²) in [4.78, 5) is 29.7. The number of thioether (sulfide) groups is 1. The second kappa shape index (κ2) is 9.23. The molecule has 0 saturated heterocycles. The SMILES string of the molecule is CCn1c(SCC(=O)Nc2c(C)n(C)n(-c3ccccc3)c2=O)nnc1-c1ccncc1. The fourth-order valence-corrected chi connectivity index (χ4v) is 4.22. The van der Waals surface area contributed by atoms with Crippen molar-refractivity contribution in [3.63, 3.8) is 0 Å². The molecule has 0 unspecified atom stereocenters. The van der Waals surface area contributed by atoms with E-state index in [2.05, 4.69) is 20.5 Å². The number of anilines is 1. The summed E-state index contributed by atoms with van der Waals surface area (Å²) in [7, 11) is 1.79. The maximum absolute atomic E-state index is 13.0. The summed E-state index contributed by atoms with van der Waals surface area (Å²) < 4.78 is 5.21. The van der Waals surface area contributed by atoms with E-state index in [1.54, 1.807) is 31.0 Å². The van der Waals surface area contributed by atoms with Gasteiger partial charge in [-0.1, -0.05) is 30.0 Å². The molecule has 0 radical (unpaired) electrons. The number of nitrogens with one attached hydrogen (secondary N) is 1. The Morgan fingerprint density at radius 1 is 1.09 bits per heavy atom. The van der Waals surface area contributed by atoms with Crippen LogP contribution in [0.5, 0.6) is 0 Å². The second-order valence-electron chi connectivity index (χ2n) is 7.06. The molecule has 4 rings (SSSR count). The molecule has 0 fully saturated rings. The number of aromatic nitrogens is 6. The number of carbonyl (C=O) groups excluding carboxylic acids is 1. The molecule has 9 nitrogen and oxygen atoms in total. The first-order valence-electron chi connectivity index (χ1n) is 10.1. The molecule has 3 aromatic heterocycles. The van der Waals surface area contributed by atoms with Crippen molar-refractivity contribution in [1.82, 2.24) is 29.1 Å². The van der Waals surface area contributed by atoms with Gasteiger partial charge in [-0.3, -0.25) is 19.3 Å². The van der Waals surface area contributed by atoms with Crippen LogP contribution in [0.25, 0.3) is 17.1 Å². The smallest absolute Gasteiger partial charge is 0.295 e. The average Bonchev–Trinajstić information content (AvgIpc) is 3.33. The highest BCUT2D eigenvalue weighted by Crippen LogP contribution is 2.24. The van der Waals surface area contributed by atoms with Gasteiger partial charge in [0, 0.05) is 31.5 Å². The van der Waals surface area contributed by atoms with Crippen molar-refractivity contribution in [2.45, 2.75) is 25.5 Å². The van der Waals surface area contributed by atoms with Gasteiger partial charge >= 0.3 is 0 Å².